The summed E-state index contributed by atoms with van der Waals surface area (Å²) in [5.74, 6) is -1.11. The first-order valence-corrected chi connectivity index (χ1v) is 5.32. The molecule has 88 valence electrons. The summed E-state index contributed by atoms with van der Waals surface area (Å²) in [5, 5.41) is 28.5. The van der Waals surface area contributed by atoms with Crippen LogP contribution < -0.4 is 0 Å². The van der Waals surface area contributed by atoms with E-state index in [1.807, 2.05) is 32.0 Å². The predicted molar refractivity (Wildman–Crippen MR) is 66.3 cm³/mol. The van der Waals surface area contributed by atoms with Gasteiger partial charge in [0.15, 0.2) is 11.5 Å². The van der Waals surface area contributed by atoms with Crippen LogP contribution in [0.1, 0.15) is 11.1 Å². The summed E-state index contributed by atoms with van der Waals surface area (Å²) >= 11 is 0. The number of hydrogen-bond donors (Lipinski definition) is 3. The van der Waals surface area contributed by atoms with Crippen LogP contribution in [0.2, 0.25) is 0 Å². The van der Waals surface area contributed by atoms with Gasteiger partial charge in [-0.1, -0.05) is 18.2 Å². The highest BCUT2D eigenvalue weighted by Gasteiger charge is 2.12. The van der Waals surface area contributed by atoms with Gasteiger partial charge in [-0.2, -0.15) is 0 Å². The Morgan fingerprint density at radius 2 is 1.47 bits per heavy atom. The average molecular weight is 230 g/mol. The maximum Gasteiger partial charge on any atom is 0.200 e. The van der Waals surface area contributed by atoms with E-state index in [9.17, 15) is 15.3 Å². The second-order valence-corrected chi connectivity index (χ2v) is 4.13. The molecule has 3 nitrogen and oxygen atoms in total. The number of aromatic hydroxyl groups is 3. The summed E-state index contributed by atoms with van der Waals surface area (Å²) in [6.07, 6.45) is 0. The minimum absolute atomic E-state index is 0.298. The normalized spacial score (nSPS) is 10.5. The molecule has 2 aromatic carbocycles. The second-order valence-electron chi connectivity index (χ2n) is 4.13. The topological polar surface area (TPSA) is 60.7 Å². The van der Waals surface area contributed by atoms with Gasteiger partial charge >= 0.3 is 0 Å². The number of benzene rings is 2. The lowest BCUT2D eigenvalue weighted by molar-refractivity contribution is 0.369. The molecule has 0 radical (unpaired) electrons. The van der Waals surface area contributed by atoms with Crippen molar-refractivity contribution >= 4 is 0 Å². The molecule has 2 rings (SSSR count). The van der Waals surface area contributed by atoms with E-state index in [0.717, 1.165) is 16.7 Å². The molecule has 2 aromatic rings. The second kappa shape index (κ2) is 4.01. The molecule has 0 amide bonds. The van der Waals surface area contributed by atoms with Crippen molar-refractivity contribution < 1.29 is 15.3 Å². The minimum Gasteiger partial charge on any atom is -0.504 e. The smallest absolute Gasteiger partial charge is 0.200 e. The lowest BCUT2D eigenvalue weighted by Crippen LogP contribution is -1.84. The number of phenols is 3. The summed E-state index contributed by atoms with van der Waals surface area (Å²) in [7, 11) is 0. The highest BCUT2D eigenvalue weighted by atomic mass is 16.3. The predicted octanol–water partition coefficient (Wildman–Crippen LogP) is 3.09. The van der Waals surface area contributed by atoms with E-state index in [1.54, 1.807) is 6.07 Å². The maximum atomic E-state index is 9.78. The minimum atomic E-state index is -0.485. The molecule has 0 aliphatic heterocycles. The Morgan fingerprint density at radius 1 is 0.765 bits per heavy atom. The molecule has 0 aromatic heterocycles. The zero-order valence-corrected chi connectivity index (χ0v) is 9.73. The molecule has 0 saturated carbocycles. The third kappa shape index (κ3) is 1.91. The zero-order chi connectivity index (χ0) is 12.6. The summed E-state index contributed by atoms with van der Waals surface area (Å²) in [5.41, 5.74) is 3.58. The van der Waals surface area contributed by atoms with Crippen molar-refractivity contribution in [1.82, 2.24) is 0 Å². The van der Waals surface area contributed by atoms with Crippen LogP contribution in [0.15, 0.2) is 30.3 Å². The van der Waals surface area contributed by atoms with Crippen molar-refractivity contribution in [2.24, 2.45) is 0 Å². The Bertz CT molecular complexity index is 574. The van der Waals surface area contributed by atoms with Gasteiger partial charge in [0.1, 0.15) is 0 Å². The van der Waals surface area contributed by atoms with Crippen LogP contribution in [0.25, 0.3) is 11.1 Å². The van der Waals surface area contributed by atoms with Crippen LogP contribution in [0.5, 0.6) is 17.2 Å². The van der Waals surface area contributed by atoms with Crippen molar-refractivity contribution in [2.75, 3.05) is 0 Å². The number of aryl methyl sites for hydroxylation is 2. The highest BCUT2D eigenvalue weighted by molar-refractivity contribution is 5.75. The van der Waals surface area contributed by atoms with E-state index >= 15 is 0 Å². The Kier molecular flexibility index (Phi) is 2.68. The Balaban J connectivity index is 2.61. The van der Waals surface area contributed by atoms with Crippen molar-refractivity contribution in [1.29, 1.82) is 0 Å². The molecule has 0 heterocycles. The summed E-state index contributed by atoms with van der Waals surface area (Å²) in [6, 6.07) is 8.69. The monoisotopic (exact) mass is 230 g/mol. The summed E-state index contributed by atoms with van der Waals surface area (Å²) < 4.78 is 0. The fraction of sp³-hybridized carbons (Fsp3) is 0.143. The van der Waals surface area contributed by atoms with E-state index in [4.69, 9.17) is 0 Å². The molecule has 0 saturated heterocycles. The Labute approximate surface area is 99.6 Å². The third-order valence-corrected chi connectivity index (χ3v) is 2.95. The maximum absolute atomic E-state index is 9.78. The van der Waals surface area contributed by atoms with Gasteiger partial charge in [0.25, 0.3) is 0 Å². The molecule has 0 aliphatic carbocycles. The van der Waals surface area contributed by atoms with Crippen molar-refractivity contribution in [3.8, 4) is 28.4 Å². The van der Waals surface area contributed by atoms with Crippen molar-refractivity contribution in [3.63, 3.8) is 0 Å². The van der Waals surface area contributed by atoms with Gasteiger partial charge in [-0.05, 0) is 42.7 Å². The van der Waals surface area contributed by atoms with Crippen LogP contribution in [0, 0.1) is 13.8 Å². The van der Waals surface area contributed by atoms with Gasteiger partial charge in [-0.15, -0.1) is 0 Å². The van der Waals surface area contributed by atoms with Gasteiger partial charge in [0.2, 0.25) is 5.75 Å². The average Bonchev–Trinajstić information content (AvgIpc) is 2.30. The molecule has 3 N–H and O–H groups in total. The highest BCUT2D eigenvalue weighted by Crippen LogP contribution is 2.42. The lowest BCUT2D eigenvalue weighted by atomic mass is 9.99. The van der Waals surface area contributed by atoms with E-state index in [0.29, 0.717) is 5.56 Å². The van der Waals surface area contributed by atoms with Gasteiger partial charge < -0.3 is 15.3 Å². The molecule has 17 heavy (non-hydrogen) atoms. The van der Waals surface area contributed by atoms with Gasteiger partial charge in [-0.25, -0.2) is 0 Å². The van der Waals surface area contributed by atoms with E-state index in [-0.39, 0.29) is 11.5 Å². The largest absolute Gasteiger partial charge is 0.504 e. The SMILES string of the molecule is Cc1ccc(-c2ccc(O)c(O)c2O)cc1C. The molecule has 0 spiro atoms. The van der Waals surface area contributed by atoms with Crippen LogP contribution in [-0.2, 0) is 0 Å². The van der Waals surface area contributed by atoms with E-state index < -0.39 is 5.75 Å². The number of phenolic OH excluding ortho intramolecular Hbond substituents is 3. The van der Waals surface area contributed by atoms with Gasteiger partial charge in [-0.3, -0.25) is 0 Å². The van der Waals surface area contributed by atoms with Gasteiger partial charge in [0.05, 0.1) is 0 Å². The summed E-state index contributed by atoms with van der Waals surface area (Å²) in [4.78, 5) is 0. The summed E-state index contributed by atoms with van der Waals surface area (Å²) in [6.45, 7) is 3.99. The molecule has 0 bridgehead atoms. The molecule has 0 unspecified atom stereocenters. The Hall–Kier alpha value is -2.16. The van der Waals surface area contributed by atoms with Crippen LogP contribution in [-0.4, -0.2) is 15.3 Å². The van der Waals surface area contributed by atoms with Crippen molar-refractivity contribution in [3.05, 3.63) is 41.5 Å². The standard InChI is InChI=1S/C14H14O3/c1-8-3-4-10(7-9(8)2)11-5-6-12(15)14(17)13(11)16/h3-7,15-17H,1-2H3. The lowest BCUT2D eigenvalue weighted by Gasteiger charge is -2.09. The van der Waals surface area contributed by atoms with Crippen LogP contribution >= 0.6 is 0 Å². The molecule has 3 heteroatoms. The Morgan fingerprint density at radius 3 is 2.12 bits per heavy atom. The number of rotatable bonds is 1. The first-order valence-electron chi connectivity index (χ1n) is 5.32. The molecule has 0 atom stereocenters. The van der Waals surface area contributed by atoms with Gasteiger partial charge in [0, 0.05) is 5.56 Å². The van der Waals surface area contributed by atoms with E-state index in [1.165, 1.54) is 6.07 Å². The fourth-order valence-electron chi connectivity index (χ4n) is 1.71. The first-order chi connectivity index (χ1) is 8.00. The number of hydrogen-bond acceptors (Lipinski definition) is 3. The first kappa shape index (κ1) is 11.3. The van der Waals surface area contributed by atoms with Crippen LogP contribution in [0.4, 0.5) is 0 Å². The molecular formula is C14H14O3. The van der Waals surface area contributed by atoms with Crippen molar-refractivity contribution in [2.45, 2.75) is 13.8 Å². The molecule has 0 fully saturated rings. The van der Waals surface area contributed by atoms with E-state index in [2.05, 4.69) is 0 Å². The quantitative estimate of drug-likeness (QED) is 0.660. The van der Waals surface area contributed by atoms with Crippen LogP contribution in [0.3, 0.4) is 0 Å². The zero-order valence-electron chi connectivity index (χ0n) is 9.73. The molecule has 0 aliphatic rings. The fourth-order valence-corrected chi connectivity index (χ4v) is 1.71. The third-order valence-electron chi connectivity index (χ3n) is 2.95. The molecular weight excluding hydrogens is 216 g/mol.